The van der Waals surface area contributed by atoms with Crippen LogP contribution in [-0.2, 0) is 6.42 Å². The third-order valence-electron chi connectivity index (χ3n) is 3.92. The quantitative estimate of drug-likeness (QED) is 0.926. The molecule has 1 atom stereocenters. The molecular formula is C17H26N2O2. The number of amides is 1. The predicted octanol–water partition coefficient (Wildman–Crippen LogP) is 2.47. The standard InChI is InChI=1S/C17H26N2O2/c1-11(2)18-13-9-15-14(17(20)19(5)12(3)4)7-6-8-16(15)21-10-13/h6-8,11-13,18H,9-10H2,1-5H3. The molecule has 1 heterocycles. The Labute approximate surface area is 127 Å². The first kappa shape index (κ1) is 15.8. The van der Waals surface area contributed by atoms with Crippen LogP contribution in [0.25, 0.3) is 0 Å². The predicted molar refractivity (Wildman–Crippen MR) is 84.9 cm³/mol. The number of fused-ring (bicyclic) bond motifs is 1. The van der Waals surface area contributed by atoms with Gasteiger partial charge in [0.15, 0.2) is 0 Å². The highest BCUT2D eigenvalue weighted by molar-refractivity contribution is 5.96. The Morgan fingerprint density at radius 2 is 2.05 bits per heavy atom. The number of carbonyl (C=O) groups excluding carboxylic acids is 1. The number of nitrogens with one attached hydrogen (secondary N) is 1. The van der Waals surface area contributed by atoms with Crippen LogP contribution >= 0.6 is 0 Å². The topological polar surface area (TPSA) is 41.6 Å². The second kappa shape index (κ2) is 6.48. The van der Waals surface area contributed by atoms with Gasteiger partial charge in [0.25, 0.3) is 5.91 Å². The van der Waals surface area contributed by atoms with Crippen molar-refractivity contribution in [1.29, 1.82) is 0 Å². The van der Waals surface area contributed by atoms with Gasteiger partial charge in [0.05, 0.1) is 0 Å². The first-order valence-electron chi connectivity index (χ1n) is 7.68. The molecule has 4 heteroatoms. The Balaban J connectivity index is 2.27. The van der Waals surface area contributed by atoms with Crippen molar-refractivity contribution in [3.8, 4) is 5.75 Å². The van der Waals surface area contributed by atoms with E-state index in [0.29, 0.717) is 12.6 Å². The van der Waals surface area contributed by atoms with Gasteiger partial charge in [0.1, 0.15) is 12.4 Å². The molecule has 116 valence electrons. The summed E-state index contributed by atoms with van der Waals surface area (Å²) in [6.45, 7) is 8.95. The van der Waals surface area contributed by atoms with Crippen LogP contribution in [-0.4, -0.2) is 42.6 Å². The lowest BCUT2D eigenvalue weighted by Gasteiger charge is -2.30. The summed E-state index contributed by atoms with van der Waals surface area (Å²) in [6.07, 6.45) is 0.835. The van der Waals surface area contributed by atoms with E-state index in [2.05, 4.69) is 19.2 Å². The van der Waals surface area contributed by atoms with E-state index < -0.39 is 0 Å². The molecule has 0 fully saturated rings. The van der Waals surface area contributed by atoms with Crippen molar-refractivity contribution in [3.05, 3.63) is 29.3 Å². The van der Waals surface area contributed by atoms with Crippen molar-refractivity contribution in [2.45, 2.75) is 52.2 Å². The molecule has 1 amide bonds. The largest absolute Gasteiger partial charge is 0.492 e. The van der Waals surface area contributed by atoms with Crippen LogP contribution in [0.15, 0.2) is 18.2 Å². The summed E-state index contributed by atoms with van der Waals surface area (Å²) >= 11 is 0. The highest BCUT2D eigenvalue weighted by atomic mass is 16.5. The van der Waals surface area contributed by atoms with E-state index in [1.807, 2.05) is 39.1 Å². The van der Waals surface area contributed by atoms with Crippen molar-refractivity contribution in [3.63, 3.8) is 0 Å². The summed E-state index contributed by atoms with van der Waals surface area (Å²) in [5.74, 6) is 0.912. The van der Waals surface area contributed by atoms with Gasteiger partial charge in [0.2, 0.25) is 0 Å². The van der Waals surface area contributed by atoms with Crippen LogP contribution in [0.5, 0.6) is 5.75 Å². The summed E-state index contributed by atoms with van der Waals surface area (Å²) in [5, 5.41) is 3.49. The van der Waals surface area contributed by atoms with Gasteiger partial charge in [-0.05, 0) is 32.4 Å². The average molecular weight is 290 g/mol. The lowest BCUT2D eigenvalue weighted by molar-refractivity contribution is 0.0752. The highest BCUT2D eigenvalue weighted by Gasteiger charge is 2.26. The Hall–Kier alpha value is -1.55. The molecule has 0 saturated carbocycles. The molecule has 0 bridgehead atoms. The maximum absolute atomic E-state index is 12.6. The smallest absolute Gasteiger partial charge is 0.254 e. The fourth-order valence-corrected chi connectivity index (χ4v) is 2.61. The van der Waals surface area contributed by atoms with Gasteiger partial charge in [-0.3, -0.25) is 4.79 Å². The molecule has 1 aliphatic rings. The van der Waals surface area contributed by atoms with Crippen LogP contribution in [0.3, 0.4) is 0 Å². The van der Waals surface area contributed by atoms with E-state index in [9.17, 15) is 4.79 Å². The maximum atomic E-state index is 12.6. The second-order valence-corrected chi connectivity index (χ2v) is 6.33. The van der Waals surface area contributed by atoms with E-state index in [-0.39, 0.29) is 18.0 Å². The normalized spacial score (nSPS) is 17.6. The third kappa shape index (κ3) is 3.56. The molecule has 2 rings (SSSR count). The number of nitrogens with zero attached hydrogens (tertiary/aromatic N) is 1. The van der Waals surface area contributed by atoms with Crippen molar-refractivity contribution in [2.24, 2.45) is 0 Å². The molecule has 0 aromatic heterocycles. The van der Waals surface area contributed by atoms with Crippen LogP contribution in [0.1, 0.15) is 43.6 Å². The van der Waals surface area contributed by atoms with E-state index in [1.165, 1.54) is 0 Å². The van der Waals surface area contributed by atoms with Crippen molar-refractivity contribution >= 4 is 5.91 Å². The third-order valence-corrected chi connectivity index (χ3v) is 3.92. The average Bonchev–Trinajstić information content (AvgIpc) is 2.44. The first-order chi connectivity index (χ1) is 9.90. The SMILES string of the molecule is CC(C)NC1COc2cccc(C(=O)N(C)C(C)C)c2C1. The van der Waals surface area contributed by atoms with Crippen molar-refractivity contribution in [2.75, 3.05) is 13.7 Å². The molecule has 1 aromatic rings. The molecule has 1 aliphatic heterocycles. The molecule has 4 nitrogen and oxygen atoms in total. The van der Waals surface area contributed by atoms with Gasteiger partial charge < -0.3 is 15.0 Å². The Kier molecular flexibility index (Phi) is 4.88. The van der Waals surface area contributed by atoms with Gasteiger partial charge in [-0.2, -0.15) is 0 Å². The summed E-state index contributed by atoms with van der Waals surface area (Å²) in [7, 11) is 1.85. The van der Waals surface area contributed by atoms with Crippen LogP contribution in [0.2, 0.25) is 0 Å². The lowest BCUT2D eigenvalue weighted by Crippen LogP contribution is -2.43. The molecular weight excluding hydrogens is 264 g/mol. The summed E-state index contributed by atoms with van der Waals surface area (Å²) < 4.78 is 5.83. The summed E-state index contributed by atoms with van der Waals surface area (Å²) in [6, 6.07) is 6.60. The maximum Gasteiger partial charge on any atom is 0.254 e. The molecule has 0 aliphatic carbocycles. The summed E-state index contributed by atoms with van der Waals surface area (Å²) in [5.41, 5.74) is 1.79. The molecule has 1 N–H and O–H groups in total. The van der Waals surface area contributed by atoms with Crippen molar-refractivity contribution in [1.82, 2.24) is 10.2 Å². The van der Waals surface area contributed by atoms with Crippen LogP contribution in [0.4, 0.5) is 0 Å². The summed E-state index contributed by atoms with van der Waals surface area (Å²) in [4.78, 5) is 14.4. The minimum absolute atomic E-state index is 0.0654. The molecule has 1 unspecified atom stereocenters. The lowest BCUT2D eigenvalue weighted by atomic mass is 9.96. The molecule has 21 heavy (non-hydrogen) atoms. The Morgan fingerprint density at radius 1 is 1.33 bits per heavy atom. The van der Waals surface area contributed by atoms with Gasteiger partial charge in [-0.15, -0.1) is 0 Å². The number of hydrogen-bond donors (Lipinski definition) is 1. The van der Waals surface area contributed by atoms with E-state index in [1.54, 1.807) is 4.90 Å². The molecule has 0 spiro atoms. The van der Waals surface area contributed by atoms with Crippen LogP contribution in [0, 0.1) is 0 Å². The fraction of sp³-hybridized carbons (Fsp3) is 0.588. The second-order valence-electron chi connectivity index (χ2n) is 6.33. The monoisotopic (exact) mass is 290 g/mol. The number of benzene rings is 1. The first-order valence-corrected chi connectivity index (χ1v) is 7.68. The van der Waals surface area contributed by atoms with Crippen molar-refractivity contribution < 1.29 is 9.53 Å². The number of rotatable bonds is 4. The zero-order valence-corrected chi connectivity index (χ0v) is 13.6. The number of hydrogen-bond acceptors (Lipinski definition) is 3. The van der Waals surface area contributed by atoms with Gasteiger partial charge in [0, 0.05) is 36.3 Å². The van der Waals surface area contributed by atoms with E-state index in [4.69, 9.17) is 4.74 Å². The van der Waals surface area contributed by atoms with Gasteiger partial charge >= 0.3 is 0 Å². The Bertz CT molecular complexity index is 512. The van der Waals surface area contributed by atoms with Crippen LogP contribution < -0.4 is 10.1 Å². The highest BCUT2D eigenvalue weighted by Crippen LogP contribution is 2.29. The Morgan fingerprint density at radius 3 is 2.67 bits per heavy atom. The number of ether oxygens (including phenoxy) is 1. The molecule has 0 saturated heterocycles. The van der Waals surface area contributed by atoms with E-state index in [0.717, 1.165) is 23.3 Å². The minimum Gasteiger partial charge on any atom is -0.492 e. The van der Waals surface area contributed by atoms with Gasteiger partial charge in [-0.25, -0.2) is 0 Å². The zero-order chi connectivity index (χ0) is 15.6. The molecule has 1 aromatic carbocycles. The number of carbonyl (C=O) groups is 1. The minimum atomic E-state index is 0.0654. The fourth-order valence-electron chi connectivity index (χ4n) is 2.61. The van der Waals surface area contributed by atoms with E-state index >= 15 is 0 Å². The van der Waals surface area contributed by atoms with Gasteiger partial charge in [-0.1, -0.05) is 19.9 Å². The zero-order valence-electron chi connectivity index (χ0n) is 13.6. The molecule has 0 radical (unpaired) electrons.